The molecule has 0 radical (unpaired) electrons. The van der Waals surface area contributed by atoms with Crippen LogP contribution in [0.3, 0.4) is 0 Å². The Labute approximate surface area is 158 Å². The number of aromatic hydroxyl groups is 1. The van der Waals surface area contributed by atoms with Gasteiger partial charge in [-0.1, -0.05) is 18.2 Å². The van der Waals surface area contributed by atoms with Gasteiger partial charge < -0.3 is 18.8 Å². The third-order valence-corrected chi connectivity index (χ3v) is 4.32. The number of furan rings is 2. The number of aryl methyl sites for hydroxylation is 1. The number of benzene rings is 1. The van der Waals surface area contributed by atoms with Crippen molar-refractivity contribution in [1.29, 1.82) is 0 Å². The number of hydrogen-bond acceptors (Lipinski definition) is 5. The molecule has 0 aliphatic carbocycles. The van der Waals surface area contributed by atoms with Gasteiger partial charge in [-0.25, -0.2) is 0 Å². The number of nitrogens with zero attached hydrogens (tertiary/aromatic N) is 2. The van der Waals surface area contributed by atoms with Crippen LogP contribution in [0.1, 0.15) is 22.8 Å². The van der Waals surface area contributed by atoms with Crippen molar-refractivity contribution < 1.29 is 18.7 Å². The second-order valence-electron chi connectivity index (χ2n) is 6.62. The first kappa shape index (κ1) is 18.8. The van der Waals surface area contributed by atoms with E-state index in [2.05, 4.69) is 0 Å². The number of carbonyl (C=O) groups excluding carboxylic acids is 1. The number of carbonyl (C=O) groups is 1. The standard InChI is InChI=1S/C21H24N2O4/c1-16-9-10-19(27-16)13-22(2)21(25)15-23(14-18-7-5-11-26-18)12-17-6-3-4-8-20(17)24/h3-11,24H,12-15H2,1-2H3. The lowest BCUT2D eigenvalue weighted by atomic mass is 10.2. The summed E-state index contributed by atoms with van der Waals surface area (Å²) in [4.78, 5) is 16.3. The first-order valence-electron chi connectivity index (χ1n) is 8.82. The zero-order chi connectivity index (χ0) is 19.2. The summed E-state index contributed by atoms with van der Waals surface area (Å²) in [6.07, 6.45) is 1.61. The SMILES string of the molecule is Cc1ccc(CN(C)C(=O)CN(Cc2ccco2)Cc2ccccc2O)o1. The predicted molar refractivity (Wildman–Crippen MR) is 101 cm³/mol. The van der Waals surface area contributed by atoms with Crippen LogP contribution in [0.25, 0.3) is 0 Å². The summed E-state index contributed by atoms with van der Waals surface area (Å²) < 4.78 is 11.0. The molecule has 3 aromatic rings. The van der Waals surface area contributed by atoms with E-state index in [9.17, 15) is 9.90 Å². The molecule has 6 heteroatoms. The van der Waals surface area contributed by atoms with Crippen molar-refractivity contribution in [3.63, 3.8) is 0 Å². The van der Waals surface area contributed by atoms with Crippen LogP contribution in [0.4, 0.5) is 0 Å². The fraction of sp³-hybridized carbons (Fsp3) is 0.286. The molecular formula is C21H24N2O4. The van der Waals surface area contributed by atoms with E-state index >= 15 is 0 Å². The number of hydrogen-bond donors (Lipinski definition) is 1. The lowest BCUT2D eigenvalue weighted by Crippen LogP contribution is -2.37. The van der Waals surface area contributed by atoms with Gasteiger partial charge in [0.15, 0.2) is 0 Å². The fourth-order valence-corrected chi connectivity index (χ4v) is 2.88. The monoisotopic (exact) mass is 368 g/mol. The smallest absolute Gasteiger partial charge is 0.236 e. The van der Waals surface area contributed by atoms with Gasteiger partial charge in [0.05, 0.1) is 25.9 Å². The minimum absolute atomic E-state index is 0.0361. The summed E-state index contributed by atoms with van der Waals surface area (Å²) >= 11 is 0. The van der Waals surface area contributed by atoms with Crippen LogP contribution >= 0.6 is 0 Å². The summed E-state index contributed by atoms with van der Waals surface area (Å²) in [5.41, 5.74) is 0.765. The highest BCUT2D eigenvalue weighted by molar-refractivity contribution is 5.77. The van der Waals surface area contributed by atoms with E-state index in [1.54, 1.807) is 30.3 Å². The highest BCUT2D eigenvalue weighted by Crippen LogP contribution is 2.19. The summed E-state index contributed by atoms with van der Waals surface area (Å²) in [7, 11) is 1.76. The number of para-hydroxylation sites is 1. The third-order valence-electron chi connectivity index (χ3n) is 4.32. The molecule has 0 aliphatic heterocycles. The largest absolute Gasteiger partial charge is 0.508 e. The summed E-state index contributed by atoms with van der Waals surface area (Å²) in [5.74, 6) is 2.52. The van der Waals surface area contributed by atoms with Crippen LogP contribution in [0, 0.1) is 6.92 Å². The van der Waals surface area contributed by atoms with Gasteiger partial charge in [-0.2, -0.15) is 0 Å². The van der Waals surface area contributed by atoms with Crippen molar-refractivity contribution in [1.82, 2.24) is 9.80 Å². The first-order valence-corrected chi connectivity index (χ1v) is 8.82. The Balaban J connectivity index is 1.68. The highest BCUT2D eigenvalue weighted by Gasteiger charge is 2.18. The summed E-state index contributed by atoms with van der Waals surface area (Å²) in [6.45, 7) is 3.40. The average molecular weight is 368 g/mol. The van der Waals surface area contributed by atoms with E-state index in [-0.39, 0.29) is 18.2 Å². The predicted octanol–water partition coefficient (Wildman–Crippen LogP) is 3.55. The molecular weight excluding hydrogens is 344 g/mol. The molecule has 0 atom stereocenters. The van der Waals surface area contributed by atoms with E-state index in [0.29, 0.717) is 19.6 Å². The van der Waals surface area contributed by atoms with Gasteiger partial charge in [-0.05, 0) is 37.3 Å². The van der Waals surface area contributed by atoms with E-state index in [1.165, 1.54) is 0 Å². The molecule has 6 nitrogen and oxygen atoms in total. The lowest BCUT2D eigenvalue weighted by Gasteiger charge is -2.24. The number of phenols is 1. The first-order chi connectivity index (χ1) is 13.0. The maximum absolute atomic E-state index is 12.7. The molecule has 1 N–H and O–H groups in total. The van der Waals surface area contributed by atoms with Crippen LogP contribution < -0.4 is 0 Å². The molecule has 0 bridgehead atoms. The highest BCUT2D eigenvalue weighted by atomic mass is 16.3. The molecule has 0 saturated heterocycles. The van der Waals surface area contributed by atoms with Crippen LogP contribution in [0.5, 0.6) is 5.75 Å². The van der Waals surface area contributed by atoms with Gasteiger partial charge >= 0.3 is 0 Å². The molecule has 1 aromatic carbocycles. The number of amides is 1. The summed E-state index contributed by atoms with van der Waals surface area (Å²) in [6, 6.07) is 14.6. The van der Waals surface area contributed by atoms with Crippen LogP contribution in [-0.4, -0.2) is 34.4 Å². The summed E-state index contributed by atoms with van der Waals surface area (Å²) in [5, 5.41) is 10.1. The Morgan fingerprint density at radius 3 is 2.48 bits per heavy atom. The quantitative estimate of drug-likeness (QED) is 0.658. The van der Waals surface area contributed by atoms with Crippen LogP contribution in [0.2, 0.25) is 0 Å². The number of phenolic OH excluding ortho intramolecular Hbond substituents is 1. The van der Waals surface area contributed by atoms with Crippen molar-refractivity contribution in [2.45, 2.75) is 26.6 Å². The van der Waals surface area contributed by atoms with Crippen molar-refractivity contribution in [2.75, 3.05) is 13.6 Å². The van der Waals surface area contributed by atoms with Gasteiger partial charge in [0.25, 0.3) is 0 Å². The topological polar surface area (TPSA) is 70.1 Å². The molecule has 1 amide bonds. The zero-order valence-electron chi connectivity index (χ0n) is 15.6. The van der Waals surface area contributed by atoms with Gasteiger partial charge in [0.2, 0.25) is 5.91 Å². The Kier molecular flexibility index (Phi) is 5.98. The molecule has 0 saturated carbocycles. The van der Waals surface area contributed by atoms with E-state index in [4.69, 9.17) is 8.83 Å². The minimum atomic E-state index is -0.0361. The van der Waals surface area contributed by atoms with Crippen molar-refractivity contribution in [3.05, 3.63) is 77.6 Å². The van der Waals surface area contributed by atoms with E-state index in [0.717, 1.165) is 22.8 Å². The van der Waals surface area contributed by atoms with Gasteiger partial charge in [0, 0.05) is 19.2 Å². The molecule has 2 heterocycles. The maximum atomic E-state index is 12.7. The molecule has 142 valence electrons. The average Bonchev–Trinajstić information content (AvgIpc) is 3.28. The fourth-order valence-electron chi connectivity index (χ4n) is 2.88. The molecule has 27 heavy (non-hydrogen) atoms. The van der Waals surface area contributed by atoms with Crippen molar-refractivity contribution in [3.8, 4) is 5.75 Å². The van der Waals surface area contributed by atoms with Crippen molar-refractivity contribution in [2.24, 2.45) is 0 Å². The Morgan fingerprint density at radius 2 is 1.81 bits per heavy atom. The normalized spacial score (nSPS) is 11.1. The minimum Gasteiger partial charge on any atom is -0.508 e. The van der Waals surface area contributed by atoms with Crippen LogP contribution in [0.15, 0.2) is 63.6 Å². The third kappa shape index (κ3) is 5.24. The maximum Gasteiger partial charge on any atom is 0.236 e. The Morgan fingerprint density at radius 1 is 1.00 bits per heavy atom. The molecule has 2 aromatic heterocycles. The molecule has 0 fully saturated rings. The zero-order valence-corrected chi connectivity index (χ0v) is 15.6. The Bertz CT molecular complexity index is 870. The van der Waals surface area contributed by atoms with E-state index in [1.807, 2.05) is 48.2 Å². The van der Waals surface area contributed by atoms with Crippen LogP contribution in [-0.2, 0) is 24.4 Å². The Hall–Kier alpha value is -2.99. The number of likely N-dealkylation sites (N-methyl/N-ethyl adjacent to an activating group) is 1. The van der Waals surface area contributed by atoms with E-state index < -0.39 is 0 Å². The second-order valence-corrected chi connectivity index (χ2v) is 6.62. The van der Waals surface area contributed by atoms with Gasteiger partial charge in [-0.15, -0.1) is 0 Å². The van der Waals surface area contributed by atoms with Gasteiger partial charge in [-0.3, -0.25) is 9.69 Å². The van der Waals surface area contributed by atoms with Gasteiger partial charge in [0.1, 0.15) is 23.0 Å². The second kappa shape index (κ2) is 8.60. The molecule has 3 rings (SSSR count). The number of rotatable bonds is 8. The van der Waals surface area contributed by atoms with Crippen molar-refractivity contribution >= 4 is 5.91 Å². The lowest BCUT2D eigenvalue weighted by molar-refractivity contribution is -0.132. The molecule has 0 unspecified atom stereocenters. The molecule has 0 spiro atoms. The molecule has 0 aliphatic rings.